The first-order chi connectivity index (χ1) is 8.20. The first-order valence-electron chi connectivity index (χ1n) is 6.64. The van der Waals surface area contributed by atoms with Gasteiger partial charge in [-0.05, 0) is 37.9 Å². The molecule has 0 amide bonds. The molecule has 3 heteroatoms. The first-order valence-corrected chi connectivity index (χ1v) is 6.64. The molecule has 1 aliphatic heterocycles. The van der Waals surface area contributed by atoms with E-state index in [-0.39, 0.29) is 0 Å². The lowest BCUT2D eigenvalue weighted by Crippen LogP contribution is -2.28. The van der Waals surface area contributed by atoms with Crippen LogP contribution in [0.5, 0.6) is 0 Å². The zero-order chi connectivity index (χ0) is 12.3. The van der Waals surface area contributed by atoms with Crippen LogP contribution in [0.4, 0.5) is 5.82 Å². The van der Waals surface area contributed by atoms with Crippen molar-refractivity contribution in [2.45, 2.75) is 39.8 Å². The SMILES string of the molecule is CCNCc1cccc(N2CC(C)CC2C)n1. The van der Waals surface area contributed by atoms with Crippen molar-refractivity contribution in [3.63, 3.8) is 0 Å². The fourth-order valence-corrected chi connectivity index (χ4v) is 2.60. The molecule has 1 aromatic heterocycles. The Morgan fingerprint density at radius 3 is 2.88 bits per heavy atom. The molecule has 1 aliphatic rings. The number of hydrogen-bond donors (Lipinski definition) is 1. The Labute approximate surface area is 104 Å². The van der Waals surface area contributed by atoms with Crippen LogP contribution in [0.1, 0.15) is 32.9 Å². The van der Waals surface area contributed by atoms with E-state index in [4.69, 9.17) is 4.98 Å². The lowest BCUT2D eigenvalue weighted by Gasteiger charge is -2.23. The molecule has 0 aromatic carbocycles. The zero-order valence-electron chi connectivity index (χ0n) is 11.1. The van der Waals surface area contributed by atoms with Crippen LogP contribution in [0.15, 0.2) is 18.2 Å². The molecule has 3 nitrogen and oxygen atoms in total. The highest BCUT2D eigenvalue weighted by Gasteiger charge is 2.26. The van der Waals surface area contributed by atoms with E-state index < -0.39 is 0 Å². The third-order valence-electron chi connectivity index (χ3n) is 3.43. The van der Waals surface area contributed by atoms with Gasteiger partial charge in [0.05, 0.1) is 5.69 Å². The number of hydrogen-bond acceptors (Lipinski definition) is 3. The maximum Gasteiger partial charge on any atom is 0.129 e. The quantitative estimate of drug-likeness (QED) is 0.865. The van der Waals surface area contributed by atoms with Crippen molar-refractivity contribution in [3.8, 4) is 0 Å². The second-order valence-electron chi connectivity index (χ2n) is 5.11. The summed E-state index contributed by atoms with van der Waals surface area (Å²) in [5.41, 5.74) is 1.14. The highest BCUT2D eigenvalue weighted by molar-refractivity contribution is 5.41. The first kappa shape index (κ1) is 12.4. The van der Waals surface area contributed by atoms with Crippen LogP contribution >= 0.6 is 0 Å². The van der Waals surface area contributed by atoms with E-state index in [0.717, 1.165) is 37.1 Å². The van der Waals surface area contributed by atoms with Crippen molar-refractivity contribution >= 4 is 5.82 Å². The molecule has 2 unspecified atom stereocenters. The van der Waals surface area contributed by atoms with Gasteiger partial charge < -0.3 is 10.2 Å². The fourth-order valence-electron chi connectivity index (χ4n) is 2.60. The van der Waals surface area contributed by atoms with Gasteiger partial charge in [0.25, 0.3) is 0 Å². The molecule has 94 valence electrons. The van der Waals surface area contributed by atoms with Gasteiger partial charge in [-0.2, -0.15) is 0 Å². The van der Waals surface area contributed by atoms with Crippen molar-refractivity contribution in [2.75, 3.05) is 18.0 Å². The maximum absolute atomic E-state index is 4.74. The molecular formula is C14H23N3. The summed E-state index contributed by atoms with van der Waals surface area (Å²) in [4.78, 5) is 7.17. The summed E-state index contributed by atoms with van der Waals surface area (Å²) in [5.74, 6) is 1.92. The fraction of sp³-hybridized carbons (Fsp3) is 0.643. The summed E-state index contributed by atoms with van der Waals surface area (Å²) in [5, 5.41) is 3.32. The number of nitrogens with zero attached hydrogens (tertiary/aromatic N) is 2. The lowest BCUT2D eigenvalue weighted by atomic mass is 10.1. The molecule has 0 aliphatic carbocycles. The molecule has 0 radical (unpaired) electrons. The Kier molecular flexibility index (Phi) is 4.00. The Morgan fingerprint density at radius 2 is 2.24 bits per heavy atom. The van der Waals surface area contributed by atoms with E-state index in [1.807, 2.05) is 0 Å². The van der Waals surface area contributed by atoms with E-state index in [9.17, 15) is 0 Å². The van der Waals surface area contributed by atoms with Gasteiger partial charge in [0.2, 0.25) is 0 Å². The monoisotopic (exact) mass is 233 g/mol. The van der Waals surface area contributed by atoms with E-state index in [1.54, 1.807) is 0 Å². The Hall–Kier alpha value is -1.09. The second kappa shape index (κ2) is 5.50. The summed E-state index contributed by atoms with van der Waals surface area (Å²) in [6, 6.07) is 6.96. The van der Waals surface area contributed by atoms with Crippen LogP contribution in [0.2, 0.25) is 0 Å². The van der Waals surface area contributed by atoms with Crippen LogP contribution in [0.3, 0.4) is 0 Å². The van der Waals surface area contributed by atoms with E-state index in [0.29, 0.717) is 6.04 Å². The zero-order valence-corrected chi connectivity index (χ0v) is 11.1. The topological polar surface area (TPSA) is 28.2 Å². The Morgan fingerprint density at radius 1 is 1.41 bits per heavy atom. The van der Waals surface area contributed by atoms with Gasteiger partial charge in [-0.25, -0.2) is 4.98 Å². The largest absolute Gasteiger partial charge is 0.354 e. The molecule has 2 rings (SSSR count). The molecule has 2 atom stereocenters. The van der Waals surface area contributed by atoms with Gasteiger partial charge >= 0.3 is 0 Å². The predicted octanol–water partition coefficient (Wildman–Crippen LogP) is 2.43. The second-order valence-corrected chi connectivity index (χ2v) is 5.11. The average Bonchev–Trinajstić information content (AvgIpc) is 2.66. The van der Waals surface area contributed by atoms with Crippen molar-refractivity contribution in [1.29, 1.82) is 0 Å². The Balaban J connectivity index is 2.10. The van der Waals surface area contributed by atoms with Crippen LogP contribution in [0, 0.1) is 5.92 Å². The summed E-state index contributed by atoms with van der Waals surface area (Å²) >= 11 is 0. The third kappa shape index (κ3) is 2.97. The van der Waals surface area contributed by atoms with Gasteiger partial charge in [-0.15, -0.1) is 0 Å². The van der Waals surface area contributed by atoms with Gasteiger partial charge in [0, 0.05) is 19.1 Å². The van der Waals surface area contributed by atoms with Crippen molar-refractivity contribution in [1.82, 2.24) is 10.3 Å². The summed E-state index contributed by atoms with van der Waals surface area (Å²) in [7, 11) is 0. The van der Waals surface area contributed by atoms with Crippen molar-refractivity contribution in [3.05, 3.63) is 23.9 Å². The minimum absolute atomic E-state index is 0.617. The number of pyridine rings is 1. The molecule has 2 heterocycles. The van der Waals surface area contributed by atoms with Gasteiger partial charge in [0.15, 0.2) is 0 Å². The van der Waals surface area contributed by atoms with Gasteiger partial charge in [-0.3, -0.25) is 0 Å². The molecule has 1 fully saturated rings. The van der Waals surface area contributed by atoms with Crippen LogP contribution < -0.4 is 10.2 Å². The highest BCUT2D eigenvalue weighted by Crippen LogP contribution is 2.27. The van der Waals surface area contributed by atoms with E-state index in [2.05, 4.69) is 49.2 Å². The molecule has 1 aromatic rings. The molecule has 1 N–H and O–H groups in total. The number of aromatic nitrogens is 1. The molecule has 0 saturated carbocycles. The molecule has 17 heavy (non-hydrogen) atoms. The summed E-state index contributed by atoms with van der Waals surface area (Å²) in [6.07, 6.45) is 1.28. The van der Waals surface area contributed by atoms with Crippen LogP contribution in [-0.4, -0.2) is 24.1 Å². The number of rotatable bonds is 4. The summed E-state index contributed by atoms with van der Waals surface area (Å²) in [6.45, 7) is 9.72. The van der Waals surface area contributed by atoms with E-state index >= 15 is 0 Å². The minimum atomic E-state index is 0.617. The van der Waals surface area contributed by atoms with Crippen molar-refractivity contribution in [2.24, 2.45) is 5.92 Å². The Bertz CT molecular complexity index is 364. The summed E-state index contributed by atoms with van der Waals surface area (Å²) < 4.78 is 0. The predicted molar refractivity (Wildman–Crippen MR) is 72.2 cm³/mol. The molecule has 0 bridgehead atoms. The third-order valence-corrected chi connectivity index (χ3v) is 3.43. The van der Waals surface area contributed by atoms with E-state index in [1.165, 1.54) is 6.42 Å². The van der Waals surface area contributed by atoms with Gasteiger partial charge in [-0.1, -0.05) is 19.9 Å². The maximum atomic E-state index is 4.74. The number of nitrogens with one attached hydrogen (secondary N) is 1. The van der Waals surface area contributed by atoms with Crippen LogP contribution in [0.25, 0.3) is 0 Å². The normalized spacial score (nSPS) is 24.3. The van der Waals surface area contributed by atoms with Crippen LogP contribution in [-0.2, 0) is 6.54 Å². The highest BCUT2D eigenvalue weighted by atomic mass is 15.2. The minimum Gasteiger partial charge on any atom is -0.354 e. The number of anilines is 1. The lowest BCUT2D eigenvalue weighted by molar-refractivity contribution is 0.625. The van der Waals surface area contributed by atoms with Crippen molar-refractivity contribution < 1.29 is 0 Å². The average molecular weight is 233 g/mol. The van der Waals surface area contributed by atoms with Gasteiger partial charge in [0.1, 0.15) is 5.82 Å². The molecular weight excluding hydrogens is 210 g/mol. The standard InChI is InChI=1S/C14H23N3/c1-4-15-9-13-6-5-7-14(16-13)17-10-11(2)8-12(17)3/h5-7,11-12,15H,4,8-10H2,1-3H3. The smallest absolute Gasteiger partial charge is 0.129 e. The molecule has 0 spiro atoms. The molecule has 1 saturated heterocycles.